The zero-order chi connectivity index (χ0) is 21.4. The molecule has 1 aliphatic heterocycles. The Morgan fingerprint density at radius 3 is 2.20 bits per heavy atom. The van der Waals surface area contributed by atoms with Crippen LogP contribution in [0.25, 0.3) is 0 Å². The van der Waals surface area contributed by atoms with Gasteiger partial charge in [-0.25, -0.2) is 0 Å². The first-order valence-electron chi connectivity index (χ1n) is 9.58. The second kappa shape index (κ2) is 7.95. The van der Waals surface area contributed by atoms with Crippen molar-refractivity contribution in [1.29, 1.82) is 0 Å². The van der Waals surface area contributed by atoms with E-state index in [0.717, 1.165) is 16.7 Å². The first kappa shape index (κ1) is 20.2. The summed E-state index contributed by atoms with van der Waals surface area (Å²) in [6.45, 7) is -0.162. The Balaban J connectivity index is 1.94. The second-order valence-electron chi connectivity index (χ2n) is 7.34. The van der Waals surface area contributed by atoms with Crippen LogP contribution in [0.5, 0.6) is 28.7 Å². The van der Waals surface area contributed by atoms with E-state index in [9.17, 15) is 15.0 Å². The molecule has 0 fully saturated rings. The number of carboxylic acids is 1. The Labute approximate surface area is 173 Å². The van der Waals surface area contributed by atoms with Gasteiger partial charge in [-0.15, -0.1) is 0 Å². The molecule has 2 aromatic rings. The van der Waals surface area contributed by atoms with Crippen molar-refractivity contribution in [3.8, 4) is 28.7 Å². The maximum atomic E-state index is 12.1. The highest BCUT2D eigenvalue weighted by Crippen LogP contribution is 2.50. The number of rotatable bonds is 6. The number of aliphatic hydroxyl groups is 1. The molecule has 0 radical (unpaired) electrons. The summed E-state index contributed by atoms with van der Waals surface area (Å²) in [6, 6.07) is 7.32. The van der Waals surface area contributed by atoms with Gasteiger partial charge in [0.25, 0.3) is 0 Å². The minimum atomic E-state index is -0.949. The largest absolute Gasteiger partial charge is 0.493 e. The number of aliphatic carboxylic acids is 1. The summed E-state index contributed by atoms with van der Waals surface area (Å²) in [5.74, 6) is -0.0870. The minimum absolute atomic E-state index is 0.124. The number of methoxy groups -OCH3 is 3. The molecule has 8 heteroatoms. The molecule has 1 aliphatic carbocycles. The van der Waals surface area contributed by atoms with Gasteiger partial charge < -0.3 is 33.9 Å². The molecule has 2 aliphatic rings. The van der Waals surface area contributed by atoms with E-state index in [1.807, 2.05) is 12.1 Å². The third-order valence-electron chi connectivity index (χ3n) is 5.93. The lowest BCUT2D eigenvalue weighted by atomic mass is 9.66. The van der Waals surface area contributed by atoms with Crippen LogP contribution in [0.2, 0.25) is 0 Å². The highest BCUT2D eigenvalue weighted by atomic mass is 16.7. The van der Waals surface area contributed by atoms with Crippen molar-refractivity contribution in [3.63, 3.8) is 0 Å². The van der Waals surface area contributed by atoms with Gasteiger partial charge in [0.1, 0.15) is 0 Å². The Morgan fingerprint density at radius 1 is 1.03 bits per heavy atom. The third kappa shape index (κ3) is 3.17. The first-order chi connectivity index (χ1) is 14.5. The van der Waals surface area contributed by atoms with Crippen LogP contribution in [-0.4, -0.2) is 50.9 Å². The molecular weight excluding hydrogens is 392 g/mol. The van der Waals surface area contributed by atoms with Crippen molar-refractivity contribution >= 4 is 5.97 Å². The van der Waals surface area contributed by atoms with E-state index < -0.39 is 23.7 Å². The Morgan fingerprint density at radius 2 is 1.67 bits per heavy atom. The monoisotopic (exact) mass is 416 g/mol. The van der Waals surface area contributed by atoms with Gasteiger partial charge in [-0.3, -0.25) is 4.79 Å². The molecule has 160 valence electrons. The zero-order valence-corrected chi connectivity index (χ0v) is 17.0. The summed E-state index contributed by atoms with van der Waals surface area (Å²) < 4.78 is 27.4. The molecule has 0 spiro atoms. The minimum Gasteiger partial charge on any atom is -0.493 e. The van der Waals surface area contributed by atoms with Crippen LogP contribution in [0.3, 0.4) is 0 Å². The van der Waals surface area contributed by atoms with E-state index in [1.165, 1.54) is 21.3 Å². The number of hydrogen-bond acceptors (Lipinski definition) is 7. The average Bonchev–Trinajstić information content (AvgIpc) is 3.22. The fourth-order valence-corrected chi connectivity index (χ4v) is 4.53. The fraction of sp³-hybridized carbons (Fsp3) is 0.409. The number of carbonyl (C=O) groups is 1. The van der Waals surface area contributed by atoms with Gasteiger partial charge in [0.2, 0.25) is 12.5 Å². The highest BCUT2D eigenvalue weighted by Gasteiger charge is 2.42. The number of carboxylic acid groups (broad SMARTS) is 1. The van der Waals surface area contributed by atoms with Crippen LogP contribution in [0.1, 0.15) is 22.6 Å². The molecule has 0 saturated heterocycles. The topological polar surface area (TPSA) is 104 Å². The number of benzene rings is 2. The summed E-state index contributed by atoms with van der Waals surface area (Å²) in [4.78, 5) is 12.1. The maximum Gasteiger partial charge on any atom is 0.307 e. The predicted molar refractivity (Wildman–Crippen MR) is 106 cm³/mol. The number of ether oxygens (including phenoxy) is 5. The summed E-state index contributed by atoms with van der Waals surface area (Å²) in [5.41, 5.74) is 2.51. The Hall–Kier alpha value is -3.13. The summed E-state index contributed by atoms with van der Waals surface area (Å²) in [5, 5.41) is 20.1. The lowest BCUT2D eigenvalue weighted by molar-refractivity contribution is -0.144. The number of fused-ring (bicyclic) bond motifs is 2. The quantitative estimate of drug-likeness (QED) is 0.740. The van der Waals surface area contributed by atoms with Gasteiger partial charge >= 0.3 is 5.97 Å². The predicted octanol–water partition coefficient (Wildman–Crippen LogP) is 2.44. The smallest absolute Gasteiger partial charge is 0.307 e. The summed E-state index contributed by atoms with van der Waals surface area (Å²) >= 11 is 0. The molecule has 0 aromatic heterocycles. The molecule has 2 N–H and O–H groups in total. The summed E-state index contributed by atoms with van der Waals surface area (Å²) in [7, 11) is 4.57. The first-order valence-corrected chi connectivity index (χ1v) is 9.58. The standard InChI is InChI=1S/C22H24O8/c1-26-18-6-12(7-19(27-2)21(18)28-3)20-13-8-17-16(29-10-30-17)5-11(13)4-14(22(24)25)15(20)9-23/h5-8,14-15,20,23H,4,9-10H2,1-3H3,(H,24,25)/t14-,15+,20-/m1/s1. The molecule has 8 nitrogen and oxygen atoms in total. The highest BCUT2D eigenvalue weighted by molar-refractivity contribution is 5.73. The average molecular weight is 416 g/mol. The Bertz CT molecular complexity index is 945. The molecule has 0 saturated carbocycles. The maximum absolute atomic E-state index is 12.1. The number of aliphatic hydroxyl groups excluding tert-OH is 1. The van der Waals surface area contributed by atoms with Gasteiger partial charge in [-0.05, 0) is 47.4 Å². The number of hydrogen-bond donors (Lipinski definition) is 2. The molecule has 2 aromatic carbocycles. The van der Waals surface area contributed by atoms with Crippen molar-refractivity contribution in [3.05, 3.63) is 41.0 Å². The molecular formula is C22H24O8. The van der Waals surface area contributed by atoms with Crippen LogP contribution < -0.4 is 23.7 Å². The van der Waals surface area contributed by atoms with Crippen LogP contribution in [0, 0.1) is 11.8 Å². The van der Waals surface area contributed by atoms with Gasteiger partial charge in [0.15, 0.2) is 23.0 Å². The molecule has 0 amide bonds. The van der Waals surface area contributed by atoms with Crippen molar-refractivity contribution in [2.75, 3.05) is 34.7 Å². The third-order valence-corrected chi connectivity index (χ3v) is 5.93. The van der Waals surface area contributed by atoms with Crippen molar-refractivity contribution in [2.24, 2.45) is 11.8 Å². The van der Waals surface area contributed by atoms with Crippen LogP contribution in [0.15, 0.2) is 24.3 Å². The Kier molecular flexibility index (Phi) is 5.34. The van der Waals surface area contributed by atoms with E-state index in [4.69, 9.17) is 23.7 Å². The van der Waals surface area contributed by atoms with Crippen LogP contribution >= 0.6 is 0 Å². The SMILES string of the molecule is COc1cc([C@@H]2c3cc4c(cc3C[C@@H](C(=O)O)[C@@H]2CO)OCO4)cc(OC)c1OC. The lowest BCUT2D eigenvalue weighted by Gasteiger charge is -2.37. The van der Waals surface area contributed by atoms with Gasteiger partial charge in [0, 0.05) is 18.4 Å². The van der Waals surface area contributed by atoms with E-state index in [-0.39, 0.29) is 13.4 Å². The fourth-order valence-electron chi connectivity index (χ4n) is 4.53. The lowest BCUT2D eigenvalue weighted by Crippen LogP contribution is -2.37. The van der Waals surface area contributed by atoms with E-state index in [2.05, 4.69) is 0 Å². The normalized spacial score (nSPS) is 21.7. The molecule has 30 heavy (non-hydrogen) atoms. The second-order valence-corrected chi connectivity index (χ2v) is 7.34. The van der Waals surface area contributed by atoms with E-state index >= 15 is 0 Å². The molecule has 1 heterocycles. The van der Waals surface area contributed by atoms with Gasteiger partial charge in [0.05, 0.1) is 27.2 Å². The molecule has 0 unspecified atom stereocenters. The van der Waals surface area contributed by atoms with E-state index in [0.29, 0.717) is 35.2 Å². The zero-order valence-electron chi connectivity index (χ0n) is 17.0. The van der Waals surface area contributed by atoms with Crippen molar-refractivity contribution < 1.29 is 38.7 Å². The van der Waals surface area contributed by atoms with Crippen molar-refractivity contribution in [2.45, 2.75) is 12.3 Å². The molecule has 3 atom stereocenters. The van der Waals surface area contributed by atoms with Gasteiger partial charge in [-0.2, -0.15) is 0 Å². The van der Waals surface area contributed by atoms with Crippen molar-refractivity contribution in [1.82, 2.24) is 0 Å². The van der Waals surface area contributed by atoms with E-state index in [1.54, 1.807) is 12.1 Å². The molecule has 4 rings (SSSR count). The van der Waals surface area contributed by atoms with Crippen LogP contribution in [-0.2, 0) is 11.2 Å². The van der Waals surface area contributed by atoms with Crippen LogP contribution in [0.4, 0.5) is 0 Å². The summed E-state index contributed by atoms with van der Waals surface area (Å²) in [6.07, 6.45) is 0.299. The van der Waals surface area contributed by atoms with Gasteiger partial charge in [-0.1, -0.05) is 0 Å². The molecule has 0 bridgehead atoms.